The van der Waals surface area contributed by atoms with Gasteiger partial charge in [-0.2, -0.15) is 5.26 Å². The van der Waals surface area contributed by atoms with E-state index in [9.17, 15) is 5.26 Å². The fourth-order valence-corrected chi connectivity index (χ4v) is 3.55. The minimum atomic E-state index is -0.376. The second kappa shape index (κ2) is 7.09. The van der Waals surface area contributed by atoms with Crippen LogP contribution in [0.4, 0.5) is 0 Å². The van der Waals surface area contributed by atoms with Gasteiger partial charge in [0.15, 0.2) is 0 Å². The van der Waals surface area contributed by atoms with Crippen LogP contribution >= 0.6 is 0 Å². The molecule has 1 heterocycles. The van der Waals surface area contributed by atoms with Gasteiger partial charge >= 0.3 is 0 Å². The van der Waals surface area contributed by atoms with Gasteiger partial charge in [0.25, 0.3) is 0 Å². The summed E-state index contributed by atoms with van der Waals surface area (Å²) in [5, 5.41) is 13.1. The molecule has 120 valence electrons. The molecule has 0 radical (unpaired) electrons. The molecule has 1 N–H and O–H groups in total. The van der Waals surface area contributed by atoms with Crippen molar-refractivity contribution in [3.8, 4) is 6.07 Å². The summed E-state index contributed by atoms with van der Waals surface area (Å²) in [5.41, 5.74) is -0.376. The molecule has 2 unspecified atom stereocenters. The van der Waals surface area contributed by atoms with Crippen molar-refractivity contribution in [1.29, 1.82) is 5.26 Å². The maximum absolute atomic E-state index is 9.53. The Morgan fingerprint density at radius 1 is 1.33 bits per heavy atom. The highest BCUT2D eigenvalue weighted by Crippen LogP contribution is 2.26. The van der Waals surface area contributed by atoms with Gasteiger partial charge in [-0.05, 0) is 72.6 Å². The molecule has 0 aromatic carbocycles. The number of rotatable bonds is 7. The third-order valence-corrected chi connectivity index (χ3v) is 5.33. The van der Waals surface area contributed by atoms with E-state index in [1.165, 1.54) is 45.3 Å². The van der Waals surface area contributed by atoms with Crippen LogP contribution in [0.3, 0.4) is 0 Å². The van der Waals surface area contributed by atoms with E-state index in [1.54, 1.807) is 0 Å². The zero-order valence-electron chi connectivity index (χ0n) is 14.2. The largest absolute Gasteiger partial charge is 0.303 e. The Labute approximate surface area is 130 Å². The van der Waals surface area contributed by atoms with Gasteiger partial charge in [-0.3, -0.25) is 5.32 Å². The van der Waals surface area contributed by atoms with Crippen molar-refractivity contribution in [2.24, 2.45) is 0 Å². The van der Waals surface area contributed by atoms with E-state index in [0.717, 1.165) is 6.42 Å². The molecule has 2 fully saturated rings. The number of hydrogen-bond donors (Lipinski definition) is 1. The first-order valence-corrected chi connectivity index (χ1v) is 8.60. The summed E-state index contributed by atoms with van der Waals surface area (Å²) in [6.45, 7) is 10.2. The van der Waals surface area contributed by atoms with Crippen LogP contribution < -0.4 is 5.32 Å². The predicted molar refractivity (Wildman–Crippen MR) is 87.2 cm³/mol. The van der Waals surface area contributed by atoms with E-state index in [-0.39, 0.29) is 5.54 Å². The Hall–Kier alpha value is -0.630. The third kappa shape index (κ3) is 4.67. The van der Waals surface area contributed by atoms with E-state index in [1.807, 2.05) is 0 Å². The molecular weight excluding hydrogens is 260 g/mol. The average Bonchev–Trinajstić information content (AvgIpc) is 3.30. The molecule has 1 saturated heterocycles. The summed E-state index contributed by atoms with van der Waals surface area (Å²) in [6.07, 6.45) is 5.89. The number of nitrogens with one attached hydrogen (secondary N) is 1. The van der Waals surface area contributed by atoms with Gasteiger partial charge in [0.05, 0.1) is 6.07 Å². The van der Waals surface area contributed by atoms with E-state index >= 15 is 0 Å². The quantitative estimate of drug-likeness (QED) is 0.781. The summed E-state index contributed by atoms with van der Waals surface area (Å²) >= 11 is 0. The van der Waals surface area contributed by atoms with Gasteiger partial charge in [0, 0.05) is 18.1 Å². The molecule has 2 aliphatic rings. The number of likely N-dealkylation sites (tertiary alicyclic amines) is 1. The average molecular weight is 292 g/mol. The molecule has 0 bridgehead atoms. The van der Waals surface area contributed by atoms with Crippen molar-refractivity contribution in [1.82, 2.24) is 15.1 Å². The predicted octanol–water partition coefficient (Wildman–Crippen LogP) is 2.22. The van der Waals surface area contributed by atoms with E-state index in [0.29, 0.717) is 18.1 Å². The molecule has 2 rings (SSSR count). The summed E-state index contributed by atoms with van der Waals surface area (Å²) in [6, 6.07) is 4.21. The normalized spacial score (nSPS) is 25.5. The molecule has 0 aromatic rings. The minimum Gasteiger partial charge on any atom is -0.303 e. The highest BCUT2D eigenvalue weighted by molar-refractivity contribution is 5.08. The lowest BCUT2D eigenvalue weighted by Gasteiger charge is -2.40. The van der Waals surface area contributed by atoms with Crippen molar-refractivity contribution in [2.45, 2.75) is 76.5 Å². The maximum Gasteiger partial charge on any atom is 0.105 e. The first kappa shape index (κ1) is 16.7. The van der Waals surface area contributed by atoms with Crippen LogP contribution in [-0.2, 0) is 0 Å². The Morgan fingerprint density at radius 2 is 1.95 bits per heavy atom. The van der Waals surface area contributed by atoms with Gasteiger partial charge in [0.2, 0.25) is 0 Å². The molecule has 1 saturated carbocycles. The first-order chi connectivity index (χ1) is 9.97. The molecule has 0 amide bonds. The van der Waals surface area contributed by atoms with Crippen molar-refractivity contribution >= 4 is 0 Å². The van der Waals surface area contributed by atoms with E-state index in [2.05, 4.69) is 49.0 Å². The molecule has 1 aliphatic carbocycles. The van der Waals surface area contributed by atoms with Gasteiger partial charge in [-0.25, -0.2) is 0 Å². The summed E-state index contributed by atoms with van der Waals surface area (Å²) < 4.78 is 0. The molecule has 2 atom stereocenters. The Kier molecular flexibility index (Phi) is 5.65. The molecule has 4 heteroatoms. The van der Waals surface area contributed by atoms with Crippen molar-refractivity contribution in [3.05, 3.63) is 0 Å². The highest BCUT2D eigenvalue weighted by Gasteiger charge is 2.35. The number of piperidine rings is 1. The molecule has 21 heavy (non-hydrogen) atoms. The summed E-state index contributed by atoms with van der Waals surface area (Å²) in [7, 11) is 2.24. The highest BCUT2D eigenvalue weighted by atomic mass is 15.2. The second-order valence-corrected chi connectivity index (χ2v) is 7.25. The van der Waals surface area contributed by atoms with Gasteiger partial charge in [-0.1, -0.05) is 6.92 Å². The van der Waals surface area contributed by atoms with Crippen molar-refractivity contribution in [3.63, 3.8) is 0 Å². The zero-order chi connectivity index (χ0) is 15.5. The van der Waals surface area contributed by atoms with Crippen molar-refractivity contribution < 1.29 is 0 Å². The lowest BCUT2D eigenvalue weighted by atomic mass is 9.92. The zero-order valence-corrected chi connectivity index (χ0v) is 14.2. The summed E-state index contributed by atoms with van der Waals surface area (Å²) in [4.78, 5) is 5.04. The minimum absolute atomic E-state index is 0.376. The number of hydrogen-bond acceptors (Lipinski definition) is 4. The van der Waals surface area contributed by atoms with Crippen LogP contribution in [0.2, 0.25) is 0 Å². The first-order valence-electron chi connectivity index (χ1n) is 8.60. The molecule has 0 spiro atoms. The smallest absolute Gasteiger partial charge is 0.105 e. The van der Waals surface area contributed by atoms with Crippen LogP contribution in [0.25, 0.3) is 0 Å². The lowest BCUT2D eigenvalue weighted by Crippen LogP contribution is -2.51. The molecule has 0 aromatic heterocycles. The molecular formula is C17H32N4. The Morgan fingerprint density at radius 3 is 2.43 bits per heavy atom. The van der Waals surface area contributed by atoms with E-state index in [4.69, 9.17) is 0 Å². The van der Waals surface area contributed by atoms with Gasteiger partial charge in [0.1, 0.15) is 5.54 Å². The monoisotopic (exact) mass is 292 g/mol. The second-order valence-electron chi connectivity index (χ2n) is 7.25. The molecule has 1 aliphatic heterocycles. The Balaban J connectivity index is 1.84. The van der Waals surface area contributed by atoms with Crippen molar-refractivity contribution in [2.75, 3.05) is 26.7 Å². The number of nitrogens with zero attached hydrogens (tertiary/aromatic N) is 3. The van der Waals surface area contributed by atoms with Crippen LogP contribution in [-0.4, -0.2) is 60.1 Å². The Bertz CT molecular complexity index is 365. The van der Waals surface area contributed by atoms with Gasteiger partial charge in [-0.15, -0.1) is 0 Å². The fraction of sp³-hybridized carbons (Fsp3) is 0.941. The molecule has 4 nitrogen and oxygen atoms in total. The lowest BCUT2D eigenvalue weighted by molar-refractivity contribution is 0.0930. The number of nitriles is 1. The summed E-state index contributed by atoms with van der Waals surface area (Å²) in [5.74, 6) is 0. The maximum atomic E-state index is 9.53. The fourth-order valence-electron chi connectivity index (χ4n) is 3.55. The van der Waals surface area contributed by atoms with Gasteiger partial charge < -0.3 is 9.80 Å². The van der Waals surface area contributed by atoms with Crippen LogP contribution in [0.15, 0.2) is 0 Å². The SMILES string of the molecule is CCN1CCC(N(C)C(C)CC(C)(C#N)NC2CC2)CC1. The topological polar surface area (TPSA) is 42.3 Å². The van der Waals surface area contributed by atoms with Crippen LogP contribution in [0.5, 0.6) is 0 Å². The van der Waals surface area contributed by atoms with E-state index < -0.39 is 0 Å². The third-order valence-electron chi connectivity index (χ3n) is 5.33. The van der Waals surface area contributed by atoms with Crippen LogP contribution in [0, 0.1) is 11.3 Å². The van der Waals surface area contributed by atoms with Crippen LogP contribution in [0.1, 0.15) is 52.9 Å². The standard InChI is InChI=1S/C17H32N4/c1-5-21-10-8-16(9-11-21)20(4)14(2)12-17(3,13-18)19-15-6-7-15/h14-16,19H,5-12H2,1-4H3.